The summed E-state index contributed by atoms with van der Waals surface area (Å²) in [6.45, 7) is 3.24. The summed E-state index contributed by atoms with van der Waals surface area (Å²) < 4.78 is 0. The van der Waals surface area contributed by atoms with Crippen molar-refractivity contribution in [1.82, 2.24) is 21.7 Å². The summed E-state index contributed by atoms with van der Waals surface area (Å²) in [5, 5.41) is 3.29. The van der Waals surface area contributed by atoms with E-state index in [9.17, 15) is 0 Å². The fourth-order valence-electron chi connectivity index (χ4n) is 1.50. The number of hydrazine groups is 2. The van der Waals surface area contributed by atoms with Crippen molar-refractivity contribution in [3.05, 3.63) is 0 Å². The molecular weight excluding hydrogens is 140 g/mol. The van der Waals surface area contributed by atoms with E-state index in [1.165, 1.54) is 6.42 Å². The van der Waals surface area contributed by atoms with Crippen molar-refractivity contribution >= 4 is 0 Å². The summed E-state index contributed by atoms with van der Waals surface area (Å²) in [5.41, 5.74) is 9.17. The van der Waals surface area contributed by atoms with Crippen molar-refractivity contribution in [2.75, 3.05) is 13.6 Å². The fraction of sp³-hybridized carbons (Fsp3) is 1.00. The molecule has 1 rings (SSSR count). The van der Waals surface area contributed by atoms with E-state index in [1.807, 2.05) is 7.05 Å². The Labute approximate surface area is 68.1 Å². The second-order valence-electron chi connectivity index (χ2n) is 2.89. The molecule has 11 heavy (non-hydrogen) atoms. The molecule has 1 heterocycles. The maximum absolute atomic E-state index is 3.29. The van der Waals surface area contributed by atoms with Crippen molar-refractivity contribution in [3.63, 3.8) is 0 Å². The van der Waals surface area contributed by atoms with Crippen LogP contribution in [0.5, 0.6) is 0 Å². The van der Waals surface area contributed by atoms with Crippen LogP contribution < -0.4 is 21.7 Å². The molecular formula is C7H18N4. The molecule has 0 aliphatic carbocycles. The summed E-state index contributed by atoms with van der Waals surface area (Å²) in [6, 6.07) is 1.12. The normalized spacial score (nSPS) is 28.4. The number of likely N-dealkylation sites (N-methyl/N-ethyl adjacent to an activating group) is 1. The number of rotatable bonds is 3. The van der Waals surface area contributed by atoms with Crippen LogP contribution in [0.15, 0.2) is 0 Å². The van der Waals surface area contributed by atoms with Gasteiger partial charge in [-0.15, -0.1) is 0 Å². The molecule has 0 radical (unpaired) electrons. The minimum absolute atomic E-state index is 0.547. The Morgan fingerprint density at radius 2 is 2.45 bits per heavy atom. The predicted octanol–water partition coefficient (Wildman–Crippen LogP) is -0.644. The third-order valence-corrected chi connectivity index (χ3v) is 2.22. The topological polar surface area (TPSA) is 48.1 Å². The van der Waals surface area contributed by atoms with Crippen molar-refractivity contribution in [2.24, 2.45) is 0 Å². The molecule has 1 aliphatic rings. The molecule has 4 N–H and O–H groups in total. The maximum Gasteiger partial charge on any atom is 0.0391 e. The largest absolute Gasteiger partial charge is 0.315 e. The molecule has 0 aromatic rings. The molecule has 4 heteroatoms. The highest BCUT2D eigenvalue weighted by Crippen LogP contribution is 2.02. The van der Waals surface area contributed by atoms with Gasteiger partial charge in [0.05, 0.1) is 0 Å². The molecule has 4 nitrogen and oxygen atoms in total. The Morgan fingerprint density at radius 3 is 2.91 bits per heavy atom. The third kappa shape index (κ3) is 2.41. The summed E-state index contributed by atoms with van der Waals surface area (Å²) in [5.74, 6) is 0. The molecule has 2 unspecified atom stereocenters. The Morgan fingerprint density at radius 1 is 1.64 bits per heavy atom. The van der Waals surface area contributed by atoms with Crippen molar-refractivity contribution < 1.29 is 0 Å². The standard InChI is InChI=1S/C7H18N4/c1-3-6(8-2)7-4-5-9-11-10-7/h6-11H,3-5H2,1-2H3. The van der Waals surface area contributed by atoms with Gasteiger partial charge in [-0.05, 0) is 19.9 Å². The lowest BCUT2D eigenvalue weighted by Gasteiger charge is -2.31. The average Bonchev–Trinajstić information content (AvgIpc) is 2.09. The maximum atomic E-state index is 3.29. The number of hydrogen-bond acceptors (Lipinski definition) is 4. The fourth-order valence-corrected chi connectivity index (χ4v) is 1.50. The first-order valence-electron chi connectivity index (χ1n) is 4.29. The highest BCUT2D eigenvalue weighted by Gasteiger charge is 2.19. The van der Waals surface area contributed by atoms with Gasteiger partial charge in [-0.25, -0.2) is 10.9 Å². The van der Waals surface area contributed by atoms with E-state index < -0.39 is 0 Å². The van der Waals surface area contributed by atoms with Gasteiger partial charge in [0.1, 0.15) is 0 Å². The van der Waals surface area contributed by atoms with Gasteiger partial charge < -0.3 is 5.32 Å². The van der Waals surface area contributed by atoms with Gasteiger partial charge in [0.2, 0.25) is 0 Å². The second-order valence-corrected chi connectivity index (χ2v) is 2.89. The molecule has 1 aliphatic heterocycles. The highest BCUT2D eigenvalue weighted by molar-refractivity contribution is 4.80. The van der Waals surface area contributed by atoms with Crippen LogP contribution in [0.3, 0.4) is 0 Å². The molecule has 0 aromatic carbocycles. The Balaban J connectivity index is 2.30. The zero-order chi connectivity index (χ0) is 8.10. The Bertz CT molecular complexity index is 96.6. The first kappa shape index (κ1) is 8.93. The van der Waals surface area contributed by atoms with E-state index in [1.54, 1.807) is 0 Å². The number of hydrogen-bond donors (Lipinski definition) is 4. The minimum Gasteiger partial charge on any atom is -0.315 e. The van der Waals surface area contributed by atoms with Gasteiger partial charge in [-0.3, -0.25) is 0 Å². The van der Waals surface area contributed by atoms with E-state index in [4.69, 9.17) is 0 Å². The SMILES string of the molecule is CCC(NC)C1CCNNN1. The molecule has 66 valence electrons. The molecule has 1 saturated heterocycles. The smallest absolute Gasteiger partial charge is 0.0391 e. The third-order valence-electron chi connectivity index (χ3n) is 2.22. The lowest BCUT2D eigenvalue weighted by atomic mass is 10.0. The van der Waals surface area contributed by atoms with Crippen LogP contribution in [0, 0.1) is 0 Å². The predicted molar refractivity (Wildman–Crippen MR) is 45.8 cm³/mol. The summed E-state index contributed by atoms with van der Waals surface area (Å²) in [6.07, 6.45) is 2.34. The lowest BCUT2D eigenvalue weighted by Crippen LogP contribution is -2.60. The van der Waals surface area contributed by atoms with E-state index in [2.05, 4.69) is 28.6 Å². The molecule has 0 spiro atoms. The van der Waals surface area contributed by atoms with Crippen LogP contribution in [0.1, 0.15) is 19.8 Å². The monoisotopic (exact) mass is 158 g/mol. The van der Waals surface area contributed by atoms with Crippen LogP contribution in [-0.2, 0) is 0 Å². The zero-order valence-corrected chi connectivity index (χ0v) is 7.28. The van der Waals surface area contributed by atoms with Crippen molar-refractivity contribution in [1.29, 1.82) is 0 Å². The van der Waals surface area contributed by atoms with Crippen LogP contribution >= 0.6 is 0 Å². The minimum atomic E-state index is 0.547. The van der Waals surface area contributed by atoms with E-state index in [-0.39, 0.29) is 0 Å². The molecule has 0 saturated carbocycles. The van der Waals surface area contributed by atoms with E-state index in [0.717, 1.165) is 13.0 Å². The zero-order valence-electron chi connectivity index (χ0n) is 7.28. The van der Waals surface area contributed by atoms with Gasteiger partial charge >= 0.3 is 0 Å². The van der Waals surface area contributed by atoms with Crippen LogP contribution in [0.2, 0.25) is 0 Å². The first-order chi connectivity index (χ1) is 5.38. The van der Waals surface area contributed by atoms with Crippen LogP contribution in [0.4, 0.5) is 0 Å². The molecule has 0 aromatic heterocycles. The molecule has 2 atom stereocenters. The van der Waals surface area contributed by atoms with Gasteiger partial charge in [-0.2, -0.15) is 5.53 Å². The summed E-state index contributed by atoms with van der Waals surface area (Å²) in [7, 11) is 2.01. The molecule has 1 fully saturated rings. The average molecular weight is 158 g/mol. The van der Waals surface area contributed by atoms with Gasteiger partial charge in [0, 0.05) is 18.6 Å². The van der Waals surface area contributed by atoms with Gasteiger partial charge in [0.15, 0.2) is 0 Å². The van der Waals surface area contributed by atoms with Crippen molar-refractivity contribution in [2.45, 2.75) is 31.8 Å². The quantitative estimate of drug-likeness (QED) is 0.441. The highest BCUT2D eigenvalue weighted by atomic mass is 15.6. The van der Waals surface area contributed by atoms with E-state index in [0.29, 0.717) is 12.1 Å². The van der Waals surface area contributed by atoms with E-state index >= 15 is 0 Å². The Kier molecular flexibility index (Phi) is 3.79. The van der Waals surface area contributed by atoms with Gasteiger partial charge in [0.25, 0.3) is 0 Å². The summed E-state index contributed by atoms with van der Waals surface area (Å²) >= 11 is 0. The Hall–Kier alpha value is -0.160. The van der Waals surface area contributed by atoms with Crippen molar-refractivity contribution in [3.8, 4) is 0 Å². The number of nitrogens with one attached hydrogen (secondary N) is 4. The van der Waals surface area contributed by atoms with Crippen LogP contribution in [-0.4, -0.2) is 25.7 Å². The molecule has 0 amide bonds. The lowest BCUT2D eigenvalue weighted by molar-refractivity contribution is 0.245. The second kappa shape index (κ2) is 4.66. The first-order valence-corrected chi connectivity index (χ1v) is 4.29. The molecule has 0 bridgehead atoms. The van der Waals surface area contributed by atoms with Crippen LogP contribution in [0.25, 0.3) is 0 Å². The van der Waals surface area contributed by atoms with Gasteiger partial charge in [-0.1, -0.05) is 6.92 Å². The summed E-state index contributed by atoms with van der Waals surface area (Å²) in [4.78, 5) is 0.